The Morgan fingerprint density at radius 1 is 1.41 bits per heavy atom. The molecule has 1 heterocycles. The van der Waals surface area contributed by atoms with Gasteiger partial charge in [-0.15, -0.1) is 10.2 Å². The summed E-state index contributed by atoms with van der Waals surface area (Å²) in [6.07, 6.45) is 1.60. The van der Waals surface area contributed by atoms with Crippen LogP contribution in [0.2, 0.25) is 0 Å². The van der Waals surface area contributed by atoms with Crippen molar-refractivity contribution < 1.29 is 9.53 Å². The van der Waals surface area contributed by atoms with Crippen LogP contribution in [0.1, 0.15) is 29.9 Å². The Morgan fingerprint density at radius 2 is 2.18 bits per heavy atom. The summed E-state index contributed by atoms with van der Waals surface area (Å²) in [6.45, 7) is 2.88. The van der Waals surface area contributed by atoms with Gasteiger partial charge in [-0.2, -0.15) is 0 Å². The zero-order valence-corrected chi connectivity index (χ0v) is 13.0. The topological polar surface area (TPSA) is 81.1 Å². The molecule has 0 bridgehead atoms. The molecule has 0 spiro atoms. The Balaban J connectivity index is 1.85. The second-order valence-electron chi connectivity index (χ2n) is 5.10. The largest absolute Gasteiger partial charge is 0.380 e. The number of carbonyl (C=O) groups excluding carboxylic acids is 1. The van der Waals surface area contributed by atoms with Crippen molar-refractivity contribution in [2.24, 2.45) is 7.05 Å². The van der Waals surface area contributed by atoms with E-state index in [9.17, 15) is 4.79 Å². The third-order valence-corrected chi connectivity index (χ3v) is 3.24. The highest BCUT2D eigenvalue weighted by molar-refractivity contribution is 5.74. The average molecular weight is 303 g/mol. The van der Waals surface area contributed by atoms with E-state index >= 15 is 0 Å². The number of nitrogens with one attached hydrogen (secondary N) is 2. The molecule has 7 nitrogen and oxygen atoms in total. The molecule has 2 rings (SSSR count). The maximum atomic E-state index is 11.9. The van der Waals surface area contributed by atoms with Crippen molar-refractivity contribution in [2.45, 2.75) is 26.1 Å². The van der Waals surface area contributed by atoms with Crippen LogP contribution in [0.5, 0.6) is 0 Å². The van der Waals surface area contributed by atoms with Gasteiger partial charge in [0.2, 0.25) is 0 Å². The highest BCUT2D eigenvalue weighted by Crippen LogP contribution is 2.08. The van der Waals surface area contributed by atoms with Gasteiger partial charge in [-0.3, -0.25) is 0 Å². The minimum Gasteiger partial charge on any atom is -0.380 e. The maximum Gasteiger partial charge on any atom is 0.315 e. The molecule has 0 fully saturated rings. The standard InChI is InChI=1S/C15H21N5O2/c1-11(14-19-17-10-20(14)2)18-15(21)16-8-12-5-4-6-13(7-12)9-22-3/h4-7,10-11H,8-9H2,1-3H3,(H2,16,18,21)/t11-/m1/s1. The first-order chi connectivity index (χ1) is 10.6. The van der Waals surface area contributed by atoms with Gasteiger partial charge in [0.25, 0.3) is 0 Å². The van der Waals surface area contributed by atoms with Gasteiger partial charge in [-0.05, 0) is 18.1 Å². The lowest BCUT2D eigenvalue weighted by molar-refractivity contribution is 0.185. The van der Waals surface area contributed by atoms with Crippen LogP contribution in [-0.4, -0.2) is 27.9 Å². The zero-order valence-electron chi connectivity index (χ0n) is 13.0. The second kappa shape index (κ2) is 7.56. The lowest BCUT2D eigenvalue weighted by atomic mass is 10.1. The first kappa shape index (κ1) is 16.0. The first-order valence-corrected chi connectivity index (χ1v) is 7.05. The summed E-state index contributed by atoms with van der Waals surface area (Å²) in [5.41, 5.74) is 2.10. The number of hydrogen-bond acceptors (Lipinski definition) is 4. The number of methoxy groups -OCH3 is 1. The number of ether oxygens (including phenoxy) is 1. The number of nitrogens with zero attached hydrogens (tertiary/aromatic N) is 3. The first-order valence-electron chi connectivity index (χ1n) is 7.05. The molecule has 22 heavy (non-hydrogen) atoms. The van der Waals surface area contributed by atoms with Crippen LogP contribution in [0.4, 0.5) is 4.79 Å². The molecule has 2 aromatic rings. The number of hydrogen-bond donors (Lipinski definition) is 2. The molecule has 0 aliphatic heterocycles. The molecule has 0 aliphatic rings. The molecule has 1 atom stereocenters. The van der Waals surface area contributed by atoms with E-state index < -0.39 is 0 Å². The summed E-state index contributed by atoms with van der Waals surface area (Å²) in [5.74, 6) is 0.706. The van der Waals surface area contributed by atoms with E-state index in [0.29, 0.717) is 19.0 Å². The van der Waals surface area contributed by atoms with Crippen LogP contribution in [0.3, 0.4) is 0 Å². The number of urea groups is 1. The molecule has 2 amide bonds. The molecule has 0 saturated heterocycles. The second-order valence-corrected chi connectivity index (χ2v) is 5.10. The van der Waals surface area contributed by atoms with E-state index in [1.165, 1.54) is 0 Å². The number of benzene rings is 1. The molecule has 1 aromatic carbocycles. The Kier molecular flexibility index (Phi) is 5.48. The number of aryl methyl sites for hydroxylation is 1. The van der Waals surface area contributed by atoms with Gasteiger partial charge in [0.1, 0.15) is 6.33 Å². The minimum absolute atomic E-state index is 0.215. The summed E-state index contributed by atoms with van der Waals surface area (Å²) in [6, 6.07) is 7.45. The minimum atomic E-state index is -0.243. The van der Waals surface area contributed by atoms with Crippen LogP contribution in [0.15, 0.2) is 30.6 Å². The molecule has 118 valence electrons. The Bertz CT molecular complexity index is 626. The summed E-state index contributed by atoms with van der Waals surface area (Å²) in [5, 5.41) is 13.4. The van der Waals surface area contributed by atoms with Crippen LogP contribution in [0, 0.1) is 0 Å². The molecule has 0 unspecified atom stereocenters. The molecular formula is C15H21N5O2. The van der Waals surface area contributed by atoms with E-state index in [1.54, 1.807) is 18.0 Å². The number of amides is 2. The van der Waals surface area contributed by atoms with Crippen LogP contribution >= 0.6 is 0 Å². The van der Waals surface area contributed by atoms with Gasteiger partial charge in [0.15, 0.2) is 5.82 Å². The predicted molar refractivity (Wildman–Crippen MR) is 81.9 cm³/mol. The van der Waals surface area contributed by atoms with Gasteiger partial charge in [-0.1, -0.05) is 24.3 Å². The van der Waals surface area contributed by atoms with Crippen molar-refractivity contribution in [3.63, 3.8) is 0 Å². The predicted octanol–water partition coefficient (Wildman–Crippen LogP) is 1.52. The molecule has 0 radical (unpaired) electrons. The van der Waals surface area contributed by atoms with E-state index in [4.69, 9.17) is 4.74 Å². The fourth-order valence-electron chi connectivity index (χ4n) is 2.17. The summed E-state index contributed by atoms with van der Waals surface area (Å²) >= 11 is 0. The fourth-order valence-corrected chi connectivity index (χ4v) is 2.17. The van der Waals surface area contributed by atoms with E-state index in [1.807, 2.05) is 38.2 Å². The average Bonchev–Trinajstić information content (AvgIpc) is 2.92. The SMILES string of the molecule is COCc1cccc(CNC(=O)N[C@H](C)c2nncn2C)c1. The summed E-state index contributed by atoms with van der Waals surface area (Å²) in [4.78, 5) is 11.9. The Labute approximate surface area is 129 Å². The van der Waals surface area contributed by atoms with Crippen LogP contribution in [-0.2, 0) is 24.9 Å². The van der Waals surface area contributed by atoms with Crippen molar-refractivity contribution in [3.8, 4) is 0 Å². The van der Waals surface area contributed by atoms with Crippen LogP contribution < -0.4 is 10.6 Å². The smallest absolute Gasteiger partial charge is 0.315 e. The normalized spacial score (nSPS) is 12.0. The molecule has 7 heteroatoms. The Hall–Kier alpha value is -2.41. The molecule has 2 N–H and O–H groups in total. The van der Waals surface area contributed by atoms with Gasteiger partial charge in [-0.25, -0.2) is 4.79 Å². The van der Waals surface area contributed by atoms with Crippen molar-refractivity contribution in [1.29, 1.82) is 0 Å². The van der Waals surface area contributed by atoms with E-state index in [-0.39, 0.29) is 12.1 Å². The zero-order chi connectivity index (χ0) is 15.9. The highest BCUT2D eigenvalue weighted by atomic mass is 16.5. The van der Waals surface area contributed by atoms with Gasteiger partial charge in [0.05, 0.1) is 12.6 Å². The molecule has 1 aromatic heterocycles. The third kappa shape index (κ3) is 4.29. The highest BCUT2D eigenvalue weighted by Gasteiger charge is 2.13. The maximum absolute atomic E-state index is 11.9. The van der Waals surface area contributed by atoms with Gasteiger partial charge < -0.3 is 19.9 Å². The quantitative estimate of drug-likeness (QED) is 0.848. The lowest BCUT2D eigenvalue weighted by Crippen LogP contribution is -2.37. The van der Waals surface area contributed by atoms with Crippen molar-refractivity contribution in [1.82, 2.24) is 25.4 Å². The number of aromatic nitrogens is 3. The Morgan fingerprint density at radius 3 is 2.86 bits per heavy atom. The van der Waals surface area contributed by atoms with E-state index in [2.05, 4.69) is 20.8 Å². The number of carbonyl (C=O) groups is 1. The van der Waals surface area contributed by atoms with E-state index in [0.717, 1.165) is 11.1 Å². The van der Waals surface area contributed by atoms with Crippen molar-refractivity contribution in [3.05, 3.63) is 47.5 Å². The van der Waals surface area contributed by atoms with Crippen molar-refractivity contribution in [2.75, 3.05) is 7.11 Å². The monoisotopic (exact) mass is 303 g/mol. The lowest BCUT2D eigenvalue weighted by Gasteiger charge is -2.14. The van der Waals surface area contributed by atoms with Crippen LogP contribution in [0.25, 0.3) is 0 Å². The third-order valence-electron chi connectivity index (χ3n) is 3.24. The summed E-state index contributed by atoms with van der Waals surface area (Å²) < 4.78 is 6.88. The summed E-state index contributed by atoms with van der Waals surface area (Å²) in [7, 11) is 3.50. The van der Waals surface area contributed by atoms with Gasteiger partial charge >= 0.3 is 6.03 Å². The molecule has 0 saturated carbocycles. The fraction of sp³-hybridized carbons (Fsp3) is 0.400. The van der Waals surface area contributed by atoms with Gasteiger partial charge in [0, 0.05) is 20.7 Å². The molecule has 0 aliphatic carbocycles. The molecular weight excluding hydrogens is 282 g/mol. The number of rotatable bonds is 6. The van der Waals surface area contributed by atoms with Crippen molar-refractivity contribution >= 4 is 6.03 Å².